The van der Waals surface area contributed by atoms with E-state index in [4.69, 9.17) is 0 Å². The lowest BCUT2D eigenvalue weighted by Crippen LogP contribution is -2.10. The molecule has 0 N–H and O–H groups in total. The number of alkyl halides is 3. The second-order valence-electron chi connectivity index (χ2n) is 5.19. The smallest absolute Gasteiger partial charge is 0.310 e. The van der Waals surface area contributed by atoms with Gasteiger partial charge in [0.05, 0.1) is 21.3 Å². The number of rotatable bonds is 3. The summed E-state index contributed by atoms with van der Waals surface area (Å²) in [5, 5.41) is 0. The summed E-state index contributed by atoms with van der Waals surface area (Å²) in [6.07, 6.45) is -2.23. The van der Waals surface area contributed by atoms with E-state index in [1.54, 1.807) is 30.8 Å². The van der Waals surface area contributed by atoms with Crippen LogP contribution in [0.1, 0.15) is 12.5 Å². The van der Waals surface area contributed by atoms with Crippen LogP contribution in [-0.4, -0.2) is 29.5 Å². The quantitative estimate of drug-likeness (QED) is 0.628. The fraction of sp³-hybridized carbons (Fsp3) is 0.267. The molecule has 0 bridgehead atoms. The summed E-state index contributed by atoms with van der Waals surface area (Å²) in [7, 11) is 0.0568. The van der Waals surface area contributed by atoms with E-state index in [0.29, 0.717) is 17.0 Å². The average Bonchev–Trinajstić information content (AvgIpc) is 2.88. The largest absolute Gasteiger partial charge is 0.417 e. The van der Waals surface area contributed by atoms with Crippen LogP contribution in [-0.2, 0) is 24.0 Å². The third-order valence-corrected chi connectivity index (χ3v) is 5.33. The number of aryl methyl sites for hydroxylation is 1. The molecule has 0 fully saturated rings. The van der Waals surface area contributed by atoms with E-state index in [1.165, 1.54) is 0 Å². The van der Waals surface area contributed by atoms with Gasteiger partial charge in [-0.1, -0.05) is 6.92 Å². The molecule has 0 saturated carbocycles. The molecule has 3 aromatic heterocycles. The van der Waals surface area contributed by atoms with E-state index < -0.39 is 22.5 Å². The molecule has 3 heterocycles. The molecule has 0 aliphatic rings. The zero-order chi connectivity index (χ0) is 18.4. The first-order chi connectivity index (χ1) is 11.7. The van der Waals surface area contributed by atoms with E-state index in [9.17, 15) is 17.4 Å². The molecule has 0 aliphatic heterocycles. The molecule has 10 heteroatoms. The lowest BCUT2D eigenvalue weighted by Gasteiger charge is -2.12. The SMILES string of the molecule is CCS(=O)c1cc(C(F)(F)F)cnc1-c1nc2cc(Br)cnc2n1C. The van der Waals surface area contributed by atoms with Gasteiger partial charge in [-0.25, -0.2) is 9.97 Å². The summed E-state index contributed by atoms with van der Waals surface area (Å²) in [6, 6.07) is 2.62. The van der Waals surface area contributed by atoms with Gasteiger partial charge in [-0.05, 0) is 28.1 Å². The molecule has 0 aliphatic carbocycles. The maximum Gasteiger partial charge on any atom is 0.417 e. The summed E-state index contributed by atoms with van der Waals surface area (Å²) in [5.41, 5.74) is 0.326. The van der Waals surface area contributed by atoms with Crippen molar-refractivity contribution >= 4 is 37.9 Å². The van der Waals surface area contributed by atoms with Crippen molar-refractivity contribution in [1.29, 1.82) is 0 Å². The highest BCUT2D eigenvalue weighted by Crippen LogP contribution is 2.33. The maximum absolute atomic E-state index is 13.0. The van der Waals surface area contributed by atoms with Crippen LogP contribution in [0.4, 0.5) is 13.2 Å². The Morgan fingerprint density at radius 1 is 1.24 bits per heavy atom. The maximum atomic E-state index is 13.0. The number of nitrogens with zero attached hydrogens (tertiary/aromatic N) is 4. The highest BCUT2D eigenvalue weighted by Gasteiger charge is 2.33. The minimum atomic E-state index is -4.56. The summed E-state index contributed by atoms with van der Waals surface area (Å²) in [6.45, 7) is 1.63. The Hall–Kier alpha value is -1.81. The van der Waals surface area contributed by atoms with Crippen LogP contribution in [0, 0.1) is 0 Å². The highest BCUT2D eigenvalue weighted by molar-refractivity contribution is 9.10. The number of fused-ring (bicyclic) bond motifs is 1. The summed E-state index contributed by atoms with van der Waals surface area (Å²) < 4.78 is 53.6. The van der Waals surface area contributed by atoms with Crippen LogP contribution in [0.2, 0.25) is 0 Å². The van der Waals surface area contributed by atoms with Gasteiger partial charge in [0.1, 0.15) is 11.2 Å². The van der Waals surface area contributed by atoms with Crippen molar-refractivity contribution in [3.8, 4) is 11.5 Å². The molecular weight excluding hydrogens is 421 g/mol. The molecular formula is C15H12BrF3N4OS. The van der Waals surface area contributed by atoms with Crippen molar-refractivity contribution in [1.82, 2.24) is 19.5 Å². The van der Waals surface area contributed by atoms with Crippen LogP contribution in [0.3, 0.4) is 0 Å². The lowest BCUT2D eigenvalue weighted by molar-refractivity contribution is -0.138. The molecule has 0 spiro atoms. The third-order valence-electron chi connectivity index (χ3n) is 3.57. The van der Waals surface area contributed by atoms with Crippen LogP contribution in [0.15, 0.2) is 33.9 Å². The molecule has 0 aromatic carbocycles. The highest BCUT2D eigenvalue weighted by atomic mass is 79.9. The Balaban J connectivity index is 2.26. The summed E-state index contributed by atoms with van der Waals surface area (Å²) in [4.78, 5) is 12.6. The van der Waals surface area contributed by atoms with E-state index in [0.717, 1.165) is 16.7 Å². The van der Waals surface area contributed by atoms with E-state index in [1.807, 2.05) is 0 Å². The van der Waals surface area contributed by atoms with Gasteiger partial charge in [0, 0.05) is 29.7 Å². The number of imidazole rings is 1. The van der Waals surface area contributed by atoms with E-state index in [-0.39, 0.29) is 16.3 Å². The van der Waals surface area contributed by atoms with Crippen LogP contribution >= 0.6 is 15.9 Å². The monoisotopic (exact) mass is 432 g/mol. The number of aromatic nitrogens is 4. The van der Waals surface area contributed by atoms with Crippen molar-refractivity contribution in [2.75, 3.05) is 5.75 Å². The second-order valence-corrected chi connectivity index (χ2v) is 7.82. The van der Waals surface area contributed by atoms with Gasteiger partial charge in [-0.2, -0.15) is 13.2 Å². The van der Waals surface area contributed by atoms with Crippen LogP contribution in [0.25, 0.3) is 22.7 Å². The molecule has 5 nitrogen and oxygen atoms in total. The predicted octanol–water partition coefficient (Wildman–Crippen LogP) is 3.94. The van der Waals surface area contributed by atoms with Crippen LogP contribution in [0.5, 0.6) is 0 Å². The van der Waals surface area contributed by atoms with Gasteiger partial charge in [0.15, 0.2) is 11.5 Å². The summed E-state index contributed by atoms with van der Waals surface area (Å²) >= 11 is 3.30. The zero-order valence-corrected chi connectivity index (χ0v) is 15.5. The first kappa shape index (κ1) is 18.0. The Labute approximate surface area is 151 Å². The van der Waals surface area contributed by atoms with Gasteiger partial charge in [-0.3, -0.25) is 9.19 Å². The Morgan fingerprint density at radius 2 is 1.96 bits per heavy atom. The predicted molar refractivity (Wildman–Crippen MR) is 91.4 cm³/mol. The van der Waals surface area contributed by atoms with Crippen molar-refractivity contribution in [3.05, 3.63) is 34.6 Å². The van der Waals surface area contributed by atoms with Crippen LogP contribution < -0.4 is 0 Å². The van der Waals surface area contributed by atoms with Crippen molar-refractivity contribution in [2.45, 2.75) is 18.0 Å². The Morgan fingerprint density at radius 3 is 2.60 bits per heavy atom. The second kappa shape index (κ2) is 6.49. The first-order valence-electron chi connectivity index (χ1n) is 7.16. The molecule has 25 heavy (non-hydrogen) atoms. The minimum Gasteiger partial charge on any atom is -0.310 e. The lowest BCUT2D eigenvalue weighted by atomic mass is 10.2. The molecule has 0 amide bonds. The molecule has 0 radical (unpaired) electrons. The molecule has 132 valence electrons. The molecule has 1 atom stereocenters. The zero-order valence-electron chi connectivity index (χ0n) is 13.1. The molecule has 1 unspecified atom stereocenters. The fourth-order valence-electron chi connectivity index (χ4n) is 2.36. The number of hydrogen-bond acceptors (Lipinski definition) is 4. The van der Waals surface area contributed by atoms with Crippen molar-refractivity contribution in [3.63, 3.8) is 0 Å². The number of hydrogen-bond donors (Lipinski definition) is 0. The Kier molecular flexibility index (Phi) is 4.67. The van der Waals surface area contributed by atoms with Gasteiger partial charge < -0.3 is 4.57 Å². The number of halogens is 4. The van der Waals surface area contributed by atoms with Crippen molar-refractivity contribution in [2.24, 2.45) is 7.05 Å². The average molecular weight is 433 g/mol. The van der Waals surface area contributed by atoms with Gasteiger partial charge >= 0.3 is 6.18 Å². The number of pyridine rings is 2. The van der Waals surface area contributed by atoms with Gasteiger partial charge in [-0.15, -0.1) is 0 Å². The Bertz CT molecular complexity index is 987. The van der Waals surface area contributed by atoms with Crippen molar-refractivity contribution < 1.29 is 17.4 Å². The topological polar surface area (TPSA) is 60.7 Å². The summed E-state index contributed by atoms with van der Waals surface area (Å²) in [5.74, 6) is 0.482. The molecule has 3 aromatic rings. The van der Waals surface area contributed by atoms with E-state index in [2.05, 4.69) is 30.9 Å². The standard InChI is InChI=1S/C15H12BrF3N4OS/c1-3-25(24)11-4-8(15(17,18)19)6-20-12(11)14-22-10-5-9(16)7-21-13(10)23(14)2/h4-7H,3H2,1-2H3. The van der Waals surface area contributed by atoms with Gasteiger partial charge in [0.2, 0.25) is 0 Å². The van der Waals surface area contributed by atoms with Gasteiger partial charge in [0.25, 0.3) is 0 Å². The van der Waals surface area contributed by atoms with E-state index >= 15 is 0 Å². The first-order valence-corrected chi connectivity index (χ1v) is 9.27. The normalized spacial score (nSPS) is 13.4. The third kappa shape index (κ3) is 3.32. The fourth-order valence-corrected chi connectivity index (χ4v) is 3.61. The molecule has 3 rings (SSSR count). The molecule has 0 saturated heterocycles. The minimum absolute atomic E-state index is 0.00907.